The number of benzene rings is 1. The average Bonchev–Trinajstić information content (AvgIpc) is 2.65. The number of primary amides is 1. The molecular formula is C13H15N3O3. The molecular weight excluding hydrogens is 246 g/mol. The molecule has 0 spiro atoms. The Morgan fingerprint density at radius 1 is 1.53 bits per heavy atom. The van der Waals surface area contributed by atoms with E-state index in [0.717, 1.165) is 0 Å². The number of carbonyl (C=O) groups excluding carboxylic acids is 2. The van der Waals surface area contributed by atoms with Crippen molar-refractivity contribution in [2.24, 2.45) is 5.73 Å². The number of nitrogens with two attached hydrogens (primary N) is 1. The number of aromatic nitrogens is 2. The highest BCUT2D eigenvalue weighted by Crippen LogP contribution is 2.20. The lowest BCUT2D eigenvalue weighted by Gasteiger charge is -2.19. The second-order valence-corrected chi connectivity index (χ2v) is 5.06. The molecule has 100 valence electrons. The normalized spacial score (nSPS) is 11.7. The molecule has 2 aromatic rings. The maximum atomic E-state index is 11.4. The van der Waals surface area contributed by atoms with E-state index in [4.69, 9.17) is 5.73 Å². The van der Waals surface area contributed by atoms with Crippen LogP contribution in [-0.4, -0.2) is 32.5 Å². The number of aldehydes is 1. The van der Waals surface area contributed by atoms with E-state index in [2.05, 4.69) is 4.98 Å². The van der Waals surface area contributed by atoms with Crippen molar-refractivity contribution in [3.63, 3.8) is 0 Å². The number of rotatable bonds is 4. The van der Waals surface area contributed by atoms with Crippen LogP contribution in [0.2, 0.25) is 0 Å². The SMILES string of the molecule is CC(C)(O)Cn1c(C(N)=O)nc2cc(C=O)ccc21. The molecule has 0 radical (unpaired) electrons. The van der Waals surface area contributed by atoms with Gasteiger partial charge in [0.1, 0.15) is 6.29 Å². The van der Waals surface area contributed by atoms with Crippen LogP contribution < -0.4 is 5.73 Å². The molecule has 0 aliphatic carbocycles. The molecule has 0 fully saturated rings. The zero-order valence-electron chi connectivity index (χ0n) is 10.8. The van der Waals surface area contributed by atoms with E-state index in [-0.39, 0.29) is 12.4 Å². The predicted octanol–water partition coefficient (Wildman–Crippen LogP) is 0.719. The standard InChI is InChI=1S/C13H15N3O3/c1-13(2,19)7-16-10-4-3-8(6-17)5-9(10)15-12(16)11(14)18/h3-6,19H,7H2,1-2H3,(H2,14,18). The smallest absolute Gasteiger partial charge is 0.284 e. The molecule has 6 heteroatoms. The zero-order valence-corrected chi connectivity index (χ0v) is 10.8. The predicted molar refractivity (Wildman–Crippen MR) is 69.9 cm³/mol. The number of aliphatic hydroxyl groups is 1. The fraction of sp³-hybridized carbons (Fsp3) is 0.308. The van der Waals surface area contributed by atoms with Gasteiger partial charge >= 0.3 is 0 Å². The van der Waals surface area contributed by atoms with Crippen molar-refractivity contribution in [2.45, 2.75) is 26.0 Å². The third-order valence-corrected chi connectivity index (χ3v) is 2.67. The summed E-state index contributed by atoms with van der Waals surface area (Å²) in [4.78, 5) is 26.3. The molecule has 1 amide bonds. The Morgan fingerprint density at radius 3 is 2.74 bits per heavy atom. The highest BCUT2D eigenvalue weighted by atomic mass is 16.3. The molecule has 0 atom stereocenters. The molecule has 0 aliphatic heterocycles. The van der Waals surface area contributed by atoms with E-state index < -0.39 is 11.5 Å². The van der Waals surface area contributed by atoms with E-state index in [0.29, 0.717) is 22.9 Å². The van der Waals surface area contributed by atoms with Crippen LogP contribution >= 0.6 is 0 Å². The Labute approximate surface area is 109 Å². The molecule has 1 aromatic carbocycles. The van der Waals surface area contributed by atoms with Crippen molar-refractivity contribution in [1.82, 2.24) is 9.55 Å². The maximum absolute atomic E-state index is 11.4. The fourth-order valence-corrected chi connectivity index (χ4v) is 1.96. The minimum Gasteiger partial charge on any atom is -0.389 e. The highest BCUT2D eigenvalue weighted by Gasteiger charge is 2.21. The number of nitrogens with zero attached hydrogens (tertiary/aromatic N) is 2. The lowest BCUT2D eigenvalue weighted by Crippen LogP contribution is -2.29. The summed E-state index contributed by atoms with van der Waals surface area (Å²) in [6.45, 7) is 3.44. The van der Waals surface area contributed by atoms with Gasteiger partial charge in [-0.05, 0) is 32.0 Å². The number of carbonyl (C=O) groups is 2. The summed E-state index contributed by atoms with van der Waals surface area (Å²) >= 11 is 0. The Kier molecular flexibility index (Phi) is 3.11. The van der Waals surface area contributed by atoms with Gasteiger partial charge in [0.05, 0.1) is 23.2 Å². The Bertz CT molecular complexity index is 653. The van der Waals surface area contributed by atoms with E-state index in [1.807, 2.05) is 0 Å². The Balaban J connectivity index is 2.67. The summed E-state index contributed by atoms with van der Waals surface area (Å²) in [7, 11) is 0. The molecule has 6 nitrogen and oxygen atoms in total. The van der Waals surface area contributed by atoms with Gasteiger partial charge in [0, 0.05) is 5.56 Å². The van der Waals surface area contributed by atoms with Crippen LogP contribution in [0.3, 0.4) is 0 Å². The number of hydrogen-bond acceptors (Lipinski definition) is 4. The van der Waals surface area contributed by atoms with Crippen molar-refractivity contribution in [3.05, 3.63) is 29.6 Å². The number of imidazole rings is 1. The molecule has 2 rings (SSSR count). The second-order valence-electron chi connectivity index (χ2n) is 5.06. The van der Waals surface area contributed by atoms with Crippen LogP contribution in [0.5, 0.6) is 0 Å². The fourth-order valence-electron chi connectivity index (χ4n) is 1.96. The topological polar surface area (TPSA) is 98.2 Å². The van der Waals surface area contributed by atoms with Crippen LogP contribution in [0.15, 0.2) is 18.2 Å². The summed E-state index contributed by atoms with van der Waals surface area (Å²) < 4.78 is 1.56. The van der Waals surface area contributed by atoms with Gasteiger partial charge in [0.2, 0.25) is 0 Å². The third kappa shape index (κ3) is 2.63. The van der Waals surface area contributed by atoms with Gasteiger partial charge in [-0.3, -0.25) is 9.59 Å². The van der Waals surface area contributed by atoms with Crippen molar-refractivity contribution in [1.29, 1.82) is 0 Å². The molecule has 19 heavy (non-hydrogen) atoms. The number of hydrogen-bond donors (Lipinski definition) is 2. The second kappa shape index (κ2) is 4.47. The van der Waals surface area contributed by atoms with Gasteiger partial charge < -0.3 is 15.4 Å². The lowest BCUT2D eigenvalue weighted by molar-refractivity contribution is 0.0614. The first-order chi connectivity index (χ1) is 8.81. The zero-order chi connectivity index (χ0) is 14.2. The first-order valence-corrected chi connectivity index (χ1v) is 5.79. The third-order valence-electron chi connectivity index (χ3n) is 2.67. The van der Waals surface area contributed by atoms with Gasteiger partial charge in [0.15, 0.2) is 5.82 Å². The molecule has 0 bridgehead atoms. The molecule has 3 N–H and O–H groups in total. The average molecular weight is 261 g/mol. The number of amides is 1. The summed E-state index contributed by atoms with van der Waals surface area (Å²) in [6.07, 6.45) is 0.707. The van der Waals surface area contributed by atoms with Crippen LogP contribution in [0, 0.1) is 0 Å². The van der Waals surface area contributed by atoms with Crippen molar-refractivity contribution in [2.75, 3.05) is 0 Å². The van der Waals surface area contributed by atoms with Crippen LogP contribution in [0.25, 0.3) is 11.0 Å². The lowest BCUT2D eigenvalue weighted by atomic mass is 10.1. The summed E-state index contributed by atoms with van der Waals surface area (Å²) in [5.41, 5.74) is 5.91. The van der Waals surface area contributed by atoms with Crippen molar-refractivity contribution >= 4 is 23.2 Å². The van der Waals surface area contributed by atoms with Gasteiger partial charge in [-0.2, -0.15) is 0 Å². The summed E-state index contributed by atoms with van der Waals surface area (Å²) in [6, 6.07) is 4.89. The maximum Gasteiger partial charge on any atom is 0.284 e. The summed E-state index contributed by atoms with van der Waals surface area (Å²) in [5, 5.41) is 9.90. The molecule has 0 saturated heterocycles. The van der Waals surface area contributed by atoms with Gasteiger partial charge in [-0.25, -0.2) is 4.98 Å². The van der Waals surface area contributed by atoms with E-state index in [1.165, 1.54) is 0 Å². The first kappa shape index (κ1) is 13.2. The largest absolute Gasteiger partial charge is 0.389 e. The molecule has 0 aliphatic rings. The monoisotopic (exact) mass is 261 g/mol. The molecule has 1 aromatic heterocycles. The van der Waals surface area contributed by atoms with E-state index >= 15 is 0 Å². The van der Waals surface area contributed by atoms with Gasteiger partial charge in [0.25, 0.3) is 5.91 Å². The quantitative estimate of drug-likeness (QED) is 0.792. The molecule has 1 heterocycles. The Hall–Kier alpha value is -2.21. The molecule has 0 saturated carbocycles. The van der Waals surface area contributed by atoms with E-state index in [9.17, 15) is 14.7 Å². The van der Waals surface area contributed by atoms with Crippen molar-refractivity contribution in [3.8, 4) is 0 Å². The van der Waals surface area contributed by atoms with Crippen LogP contribution in [0.1, 0.15) is 34.8 Å². The Morgan fingerprint density at radius 2 is 2.21 bits per heavy atom. The van der Waals surface area contributed by atoms with Crippen LogP contribution in [-0.2, 0) is 6.54 Å². The minimum atomic E-state index is -1.01. The van der Waals surface area contributed by atoms with Crippen molar-refractivity contribution < 1.29 is 14.7 Å². The van der Waals surface area contributed by atoms with Gasteiger partial charge in [-0.1, -0.05) is 0 Å². The van der Waals surface area contributed by atoms with Gasteiger partial charge in [-0.15, -0.1) is 0 Å². The molecule has 0 unspecified atom stereocenters. The summed E-state index contributed by atoms with van der Waals surface area (Å²) in [5.74, 6) is -0.603. The first-order valence-electron chi connectivity index (χ1n) is 5.79. The highest BCUT2D eigenvalue weighted by molar-refractivity contribution is 5.94. The minimum absolute atomic E-state index is 0.0696. The van der Waals surface area contributed by atoms with E-state index in [1.54, 1.807) is 36.6 Å². The van der Waals surface area contributed by atoms with Crippen LogP contribution in [0.4, 0.5) is 0 Å². The number of fused-ring (bicyclic) bond motifs is 1.